The minimum atomic E-state index is 0.881. The fourth-order valence-electron chi connectivity index (χ4n) is 2.30. The van der Waals surface area contributed by atoms with Gasteiger partial charge in [0.2, 0.25) is 0 Å². The van der Waals surface area contributed by atoms with Gasteiger partial charge in [-0.2, -0.15) is 0 Å². The van der Waals surface area contributed by atoms with E-state index in [1.54, 1.807) is 4.88 Å². The van der Waals surface area contributed by atoms with E-state index in [0.717, 1.165) is 6.04 Å². The zero-order valence-corrected chi connectivity index (χ0v) is 12.0. The Labute approximate surface area is 110 Å². The fourth-order valence-corrected chi connectivity index (χ4v) is 3.39. The van der Waals surface area contributed by atoms with Crippen LogP contribution in [0, 0.1) is 13.8 Å². The summed E-state index contributed by atoms with van der Waals surface area (Å²) in [5.74, 6) is 0. The molecular formula is C15H25NS. The molecule has 1 saturated carbocycles. The van der Waals surface area contributed by atoms with Gasteiger partial charge < -0.3 is 5.32 Å². The Morgan fingerprint density at radius 2 is 1.94 bits per heavy atom. The molecule has 0 amide bonds. The quantitative estimate of drug-likeness (QED) is 0.682. The SMILES string of the molecule is Cc1cc(C)c(CCCCCCNC2CC2)s1. The second-order valence-electron chi connectivity index (χ2n) is 5.36. The summed E-state index contributed by atoms with van der Waals surface area (Å²) in [6.45, 7) is 5.70. The molecule has 2 heteroatoms. The van der Waals surface area contributed by atoms with Crippen molar-refractivity contribution < 1.29 is 0 Å². The van der Waals surface area contributed by atoms with Crippen LogP contribution in [0.2, 0.25) is 0 Å². The molecule has 0 radical (unpaired) electrons. The van der Waals surface area contributed by atoms with Crippen molar-refractivity contribution in [2.75, 3.05) is 6.54 Å². The van der Waals surface area contributed by atoms with Crippen molar-refractivity contribution >= 4 is 11.3 Å². The van der Waals surface area contributed by atoms with Crippen LogP contribution in [0.3, 0.4) is 0 Å². The van der Waals surface area contributed by atoms with E-state index < -0.39 is 0 Å². The highest BCUT2D eigenvalue weighted by atomic mass is 32.1. The molecule has 0 saturated heterocycles. The van der Waals surface area contributed by atoms with Crippen LogP contribution in [0.25, 0.3) is 0 Å². The third-order valence-corrected chi connectivity index (χ3v) is 4.70. The van der Waals surface area contributed by atoms with E-state index >= 15 is 0 Å². The van der Waals surface area contributed by atoms with Crippen molar-refractivity contribution in [1.82, 2.24) is 5.32 Å². The van der Waals surface area contributed by atoms with E-state index in [2.05, 4.69) is 25.2 Å². The van der Waals surface area contributed by atoms with Gasteiger partial charge in [0.05, 0.1) is 0 Å². The summed E-state index contributed by atoms with van der Waals surface area (Å²) < 4.78 is 0. The molecule has 1 fully saturated rings. The van der Waals surface area contributed by atoms with Crippen LogP contribution >= 0.6 is 11.3 Å². The highest BCUT2D eigenvalue weighted by Gasteiger charge is 2.19. The van der Waals surface area contributed by atoms with Gasteiger partial charge in [-0.3, -0.25) is 0 Å². The number of thiophene rings is 1. The number of rotatable bonds is 8. The zero-order valence-electron chi connectivity index (χ0n) is 11.2. The van der Waals surface area contributed by atoms with Gasteiger partial charge in [0, 0.05) is 15.8 Å². The average Bonchev–Trinajstić information content (AvgIpc) is 3.04. The van der Waals surface area contributed by atoms with Gasteiger partial charge in [-0.25, -0.2) is 0 Å². The fraction of sp³-hybridized carbons (Fsp3) is 0.733. The van der Waals surface area contributed by atoms with Crippen LogP contribution in [0.5, 0.6) is 0 Å². The smallest absolute Gasteiger partial charge is 0.00772 e. The van der Waals surface area contributed by atoms with Crippen LogP contribution in [-0.4, -0.2) is 12.6 Å². The molecule has 0 bridgehead atoms. The predicted octanol–water partition coefficient (Wildman–Crippen LogP) is 4.22. The molecule has 0 aliphatic heterocycles. The van der Waals surface area contributed by atoms with E-state index in [0.29, 0.717) is 0 Å². The molecule has 1 N–H and O–H groups in total. The van der Waals surface area contributed by atoms with Crippen molar-refractivity contribution in [3.05, 3.63) is 21.4 Å². The molecule has 1 aliphatic rings. The number of hydrogen-bond acceptors (Lipinski definition) is 2. The summed E-state index contributed by atoms with van der Waals surface area (Å²) in [6, 6.07) is 3.20. The number of nitrogens with one attached hydrogen (secondary N) is 1. The van der Waals surface area contributed by atoms with Gasteiger partial charge in [0.1, 0.15) is 0 Å². The highest BCUT2D eigenvalue weighted by Crippen LogP contribution is 2.23. The molecule has 1 nitrogen and oxygen atoms in total. The maximum atomic E-state index is 3.58. The molecule has 0 aromatic carbocycles. The van der Waals surface area contributed by atoms with E-state index in [1.807, 2.05) is 11.3 Å². The van der Waals surface area contributed by atoms with Crippen molar-refractivity contribution in [2.24, 2.45) is 0 Å². The monoisotopic (exact) mass is 251 g/mol. The first-order valence-electron chi connectivity index (χ1n) is 7.05. The molecule has 96 valence electrons. The van der Waals surface area contributed by atoms with Crippen LogP contribution < -0.4 is 5.32 Å². The summed E-state index contributed by atoms with van der Waals surface area (Å²) in [5.41, 5.74) is 1.50. The number of unbranched alkanes of at least 4 members (excludes halogenated alkanes) is 3. The summed E-state index contributed by atoms with van der Waals surface area (Å²) in [5, 5.41) is 3.58. The first-order valence-corrected chi connectivity index (χ1v) is 7.86. The Hall–Kier alpha value is -0.340. The predicted molar refractivity (Wildman–Crippen MR) is 77.0 cm³/mol. The average molecular weight is 251 g/mol. The minimum Gasteiger partial charge on any atom is -0.314 e. The second kappa shape index (κ2) is 6.55. The van der Waals surface area contributed by atoms with Crippen molar-refractivity contribution in [3.8, 4) is 0 Å². The van der Waals surface area contributed by atoms with Gasteiger partial charge in [-0.05, 0) is 64.1 Å². The lowest BCUT2D eigenvalue weighted by molar-refractivity contribution is 0.586. The second-order valence-corrected chi connectivity index (χ2v) is 6.70. The standard InChI is InChI=1S/C15H25NS/c1-12-11-13(2)17-15(12)7-5-3-4-6-10-16-14-8-9-14/h11,14,16H,3-10H2,1-2H3. The molecule has 0 atom stereocenters. The van der Waals surface area contributed by atoms with Crippen LogP contribution in [0.1, 0.15) is 53.8 Å². The van der Waals surface area contributed by atoms with Crippen molar-refractivity contribution in [1.29, 1.82) is 0 Å². The first-order chi connectivity index (χ1) is 8.25. The van der Waals surface area contributed by atoms with Gasteiger partial charge in [0.25, 0.3) is 0 Å². The number of aryl methyl sites for hydroxylation is 3. The Morgan fingerprint density at radius 1 is 1.18 bits per heavy atom. The molecule has 0 spiro atoms. The summed E-state index contributed by atoms with van der Waals surface area (Å²) in [4.78, 5) is 3.07. The van der Waals surface area contributed by atoms with Gasteiger partial charge >= 0.3 is 0 Å². The third kappa shape index (κ3) is 4.81. The molecule has 1 aromatic heterocycles. The summed E-state index contributed by atoms with van der Waals surface area (Å²) >= 11 is 1.98. The zero-order chi connectivity index (χ0) is 12.1. The lowest BCUT2D eigenvalue weighted by Gasteiger charge is -2.03. The van der Waals surface area contributed by atoms with E-state index in [-0.39, 0.29) is 0 Å². The Morgan fingerprint density at radius 3 is 2.59 bits per heavy atom. The minimum absolute atomic E-state index is 0.881. The van der Waals surface area contributed by atoms with Crippen LogP contribution in [0.4, 0.5) is 0 Å². The maximum Gasteiger partial charge on any atom is 0.00772 e. The third-order valence-electron chi connectivity index (χ3n) is 3.48. The lowest BCUT2D eigenvalue weighted by atomic mass is 10.1. The number of hydrogen-bond donors (Lipinski definition) is 1. The van der Waals surface area contributed by atoms with Gasteiger partial charge in [-0.15, -0.1) is 11.3 Å². The van der Waals surface area contributed by atoms with Crippen LogP contribution in [-0.2, 0) is 6.42 Å². The highest BCUT2D eigenvalue weighted by molar-refractivity contribution is 7.12. The van der Waals surface area contributed by atoms with E-state index in [4.69, 9.17) is 0 Å². The first kappa shape index (κ1) is 13.1. The Bertz CT molecular complexity index is 339. The summed E-state index contributed by atoms with van der Waals surface area (Å²) in [6.07, 6.45) is 9.63. The molecule has 0 unspecified atom stereocenters. The van der Waals surface area contributed by atoms with E-state index in [1.165, 1.54) is 61.9 Å². The Kier molecular flexibility index (Phi) is 5.05. The molecular weight excluding hydrogens is 226 g/mol. The molecule has 1 heterocycles. The van der Waals surface area contributed by atoms with Crippen molar-refractivity contribution in [3.63, 3.8) is 0 Å². The van der Waals surface area contributed by atoms with Gasteiger partial charge in [0.15, 0.2) is 0 Å². The largest absolute Gasteiger partial charge is 0.314 e. The molecule has 1 aromatic rings. The summed E-state index contributed by atoms with van der Waals surface area (Å²) in [7, 11) is 0. The molecule has 1 aliphatic carbocycles. The van der Waals surface area contributed by atoms with Crippen LogP contribution in [0.15, 0.2) is 6.07 Å². The maximum absolute atomic E-state index is 3.58. The topological polar surface area (TPSA) is 12.0 Å². The molecule has 17 heavy (non-hydrogen) atoms. The molecule has 2 rings (SSSR count). The van der Waals surface area contributed by atoms with Gasteiger partial charge in [-0.1, -0.05) is 12.8 Å². The Balaban J connectivity index is 1.49. The van der Waals surface area contributed by atoms with Crippen molar-refractivity contribution in [2.45, 2.75) is 64.8 Å². The van der Waals surface area contributed by atoms with E-state index in [9.17, 15) is 0 Å². The lowest BCUT2D eigenvalue weighted by Crippen LogP contribution is -2.17. The normalized spacial score (nSPS) is 15.4.